The van der Waals surface area contributed by atoms with Crippen molar-refractivity contribution >= 4 is 28.4 Å². The van der Waals surface area contributed by atoms with Gasteiger partial charge in [0.25, 0.3) is 0 Å². The lowest BCUT2D eigenvalue weighted by atomic mass is 10.2. The average Bonchev–Trinajstić information content (AvgIpc) is 2.81. The summed E-state index contributed by atoms with van der Waals surface area (Å²) in [6.07, 6.45) is -3.62. The minimum Gasteiger partial charge on any atom is -0.264 e. The highest BCUT2D eigenvalue weighted by Gasteiger charge is 2.62. The van der Waals surface area contributed by atoms with E-state index in [0.717, 1.165) is 11.8 Å². The molecule has 1 heterocycles. The number of benzene rings is 2. The Morgan fingerprint density at radius 3 is 1.73 bits per heavy atom. The number of aromatic nitrogens is 1. The molecule has 0 spiro atoms. The van der Waals surface area contributed by atoms with Gasteiger partial charge in [0.1, 0.15) is 0 Å². The first-order valence-corrected chi connectivity index (χ1v) is 10.9. The van der Waals surface area contributed by atoms with Gasteiger partial charge in [-0.25, -0.2) is 8.78 Å². The smallest absolute Gasteiger partial charge is 0.264 e. The maximum Gasteiger partial charge on any atom is 0.460 e. The zero-order chi connectivity index (χ0) is 24.1. The van der Waals surface area contributed by atoms with Crippen LogP contribution in [-0.4, -0.2) is 17.1 Å². The number of pyridine rings is 1. The number of alkyl halides is 5. The van der Waals surface area contributed by atoms with E-state index in [1.807, 2.05) is 0 Å². The van der Waals surface area contributed by atoms with Crippen molar-refractivity contribution in [2.75, 3.05) is 0 Å². The van der Waals surface area contributed by atoms with Crippen LogP contribution >= 0.6 is 23.5 Å². The maximum atomic E-state index is 15.2. The summed E-state index contributed by atoms with van der Waals surface area (Å²) in [6.45, 7) is 0. The Balaban J connectivity index is 2.28. The van der Waals surface area contributed by atoms with Gasteiger partial charge in [0, 0.05) is 32.7 Å². The van der Waals surface area contributed by atoms with Crippen LogP contribution in [0.25, 0.3) is 4.91 Å². The topological polar surface area (TPSA) is 12.9 Å². The Morgan fingerprint density at radius 1 is 0.697 bits per heavy atom. The van der Waals surface area contributed by atoms with Crippen molar-refractivity contribution in [3.63, 3.8) is 0 Å². The Labute approximate surface area is 193 Å². The summed E-state index contributed by atoms with van der Waals surface area (Å²) in [6, 6.07) is 19.0. The van der Waals surface area contributed by atoms with Crippen LogP contribution in [-0.2, 0) is 0 Å². The molecule has 3 aromatic rings. The minimum atomic E-state index is -6.31. The predicted molar refractivity (Wildman–Crippen MR) is 116 cm³/mol. The molecule has 0 aliphatic rings. The number of nitrogens with zero attached hydrogens (tertiary/aromatic N) is 1. The number of rotatable bonds is 7. The van der Waals surface area contributed by atoms with Crippen molar-refractivity contribution in [3.8, 4) is 0 Å². The van der Waals surface area contributed by atoms with E-state index in [-0.39, 0.29) is 10.5 Å². The fraction of sp³-hybridized carbons (Fsp3) is 0.0870. The molecule has 33 heavy (non-hydrogen) atoms. The second-order valence-corrected chi connectivity index (χ2v) is 8.60. The van der Waals surface area contributed by atoms with Crippen LogP contribution in [0.15, 0.2) is 112 Å². The van der Waals surface area contributed by atoms with E-state index in [2.05, 4.69) is 4.98 Å². The van der Waals surface area contributed by atoms with E-state index in [4.69, 9.17) is 0 Å². The van der Waals surface area contributed by atoms with Crippen LogP contribution in [0.3, 0.4) is 0 Å². The molecule has 0 N–H and O–H groups in total. The molecule has 3 rings (SSSR count). The fourth-order valence-corrected chi connectivity index (χ4v) is 4.62. The lowest BCUT2D eigenvalue weighted by molar-refractivity contribution is -0.271. The molecule has 172 valence electrons. The third-order valence-electron chi connectivity index (χ3n) is 4.08. The first-order chi connectivity index (χ1) is 15.6. The van der Waals surface area contributed by atoms with Crippen molar-refractivity contribution in [2.24, 2.45) is 0 Å². The maximum absolute atomic E-state index is 15.2. The number of thioether (sulfide) groups is 2. The van der Waals surface area contributed by atoms with E-state index in [9.17, 15) is 26.3 Å². The van der Waals surface area contributed by atoms with Gasteiger partial charge in [0.2, 0.25) is 5.83 Å². The average molecular weight is 501 g/mol. The molecule has 10 heteroatoms. The molecule has 0 bridgehead atoms. The van der Waals surface area contributed by atoms with Gasteiger partial charge in [-0.15, -0.1) is 0 Å². The van der Waals surface area contributed by atoms with Gasteiger partial charge in [-0.2, -0.15) is 22.0 Å². The van der Waals surface area contributed by atoms with Crippen LogP contribution in [0.2, 0.25) is 0 Å². The van der Waals surface area contributed by atoms with E-state index in [1.54, 1.807) is 48.5 Å². The number of hydrogen-bond donors (Lipinski definition) is 0. The second-order valence-electron chi connectivity index (χ2n) is 6.43. The molecular weight excluding hydrogens is 487 g/mol. The van der Waals surface area contributed by atoms with E-state index < -0.39 is 28.7 Å². The zero-order valence-corrected chi connectivity index (χ0v) is 18.1. The van der Waals surface area contributed by atoms with E-state index in [0.29, 0.717) is 21.6 Å². The summed E-state index contributed by atoms with van der Waals surface area (Å²) in [4.78, 5) is 3.94. The highest BCUT2D eigenvalue weighted by molar-refractivity contribution is 8.11. The van der Waals surface area contributed by atoms with Crippen LogP contribution in [0, 0.1) is 0 Å². The van der Waals surface area contributed by atoms with Crippen molar-refractivity contribution in [2.45, 2.75) is 21.9 Å². The van der Waals surface area contributed by atoms with Gasteiger partial charge >= 0.3 is 12.1 Å². The van der Waals surface area contributed by atoms with Gasteiger partial charge < -0.3 is 0 Å². The first-order valence-electron chi connectivity index (χ1n) is 9.22. The molecule has 0 saturated carbocycles. The number of hydrogen-bond acceptors (Lipinski definition) is 3. The van der Waals surface area contributed by atoms with E-state index in [1.165, 1.54) is 36.7 Å². The van der Waals surface area contributed by atoms with Crippen LogP contribution in [0.1, 0.15) is 5.56 Å². The summed E-state index contributed by atoms with van der Waals surface area (Å²) < 4.78 is 95.4. The summed E-state index contributed by atoms with van der Waals surface area (Å²) in [5, 5.41) is 0. The monoisotopic (exact) mass is 501 g/mol. The molecule has 0 saturated heterocycles. The summed E-state index contributed by atoms with van der Waals surface area (Å²) in [7, 11) is 0. The molecule has 0 amide bonds. The minimum absolute atomic E-state index is 0.0752. The number of halogens is 7. The standard InChI is InChI=1S/C23H14F7NS2/c24-18(21(25)22(26,27)23(28,29)30)20(33-17-11-5-2-6-12-17)19(15-8-7-13-31-14-15)32-16-9-3-1-4-10-16/h1-14H/b20-19-,21-18+. The Bertz CT molecular complexity index is 1130. The Kier molecular flexibility index (Phi) is 7.91. The molecule has 1 nitrogen and oxygen atoms in total. The van der Waals surface area contributed by atoms with Gasteiger partial charge in [-0.3, -0.25) is 4.98 Å². The molecular formula is C23H14F7NS2. The van der Waals surface area contributed by atoms with Crippen LogP contribution < -0.4 is 0 Å². The quantitative estimate of drug-likeness (QED) is 0.183. The molecule has 0 atom stereocenters. The Hall–Kier alpha value is -2.72. The first kappa shape index (κ1) is 24.9. The molecule has 0 aliphatic heterocycles. The second kappa shape index (κ2) is 10.5. The normalized spacial score (nSPS) is 13.9. The van der Waals surface area contributed by atoms with Gasteiger partial charge in [0.15, 0.2) is 5.83 Å². The van der Waals surface area contributed by atoms with Gasteiger partial charge in [0.05, 0.1) is 4.91 Å². The van der Waals surface area contributed by atoms with Crippen molar-refractivity contribution in [3.05, 3.63) is 107 Å². The largest absolute Gasteiger partial charge is 0.460 e. The third kappa shape index (κ3) is 6.00. The molecule has 0 radical (unpaired) electrons. The van der Waals surface area contributed by atoms with Gasteiger partial charge in [-0.05, 0) is 30.3 Å². The van der Waals surface area contributed by atoms with Crippen molar-refractivity contribution in [1.29, 1.82) is 0 Å². The van der Waals surface area contributed by atoms with E-state index >= 15 is 4.39 Å². The lowest BCUT2D eigenvalue weighted by Crippen LogP contribution is -2.37. The van der Waals surface area contributed by atoms with Crippen LogP contribution in [0.4, 0.5) is 30.7 Å². The van der Waals surface area contributed by atoms with Crippen molar-refractivity contribution < 1.29 is 30.7 Å². The van der Waals surface area contributed by atoms with Crippen molar-refractivity contribution in [1.82, 2.24) is 4.98 Å². The molecule has 2 aromatic carbocycles. The number of allylic oxidation sites excluding steroid dienone is 2. The zero-order valence-electron chi connectivity index (χ0n) is 16.5. The third-order valence-corrected chi connectivity index (χ3v) is 6.46. The predicted octanol–water partition coefficient (Wildman–Crippen LogP) is 8.68. The molecule has 0 aliphatic carbocycles. The Morgan fingerprint density at radius 2 is 1.24 bits per heavy atom. The SMILES string of the molecule is FC(/C(Sc1ccccc1)=C(/Sc1ccccc1)c1cccnc1)=C(/F)C(F)(F)C(F)(F)F. The molecule has 0 unspecified atom stereocenters. The molecule has 0 fully saturated rings. The lowest BCUT2D eigenvalue weighted by Gasteiger charge is -2.20. The summed E-state index contributed by atoms with van der Waals surface area (Å²) in [5.41, 5.74) is 0.211. The highest BCUT2D eigenvalue weighted by Crippen LogP contribution is 2.50. The summed E-state index contributed by atoms with van der Waals surface area (Å²) in [5.74, 6) is -11.5. The van der Waals surface area contributed by atoms with Crippen LogP contribution in [0.5, 0.6) is 0 Å². The summed E-state index contributed by atoms with van der Waals surface area (Å²) >= 11 is 1.42. The fourth-order valence-electron chi connectivity index (χ4n) is 2.50. The van der Waals surface area contributed by atoms with Gasteiger partial charge in [-0.1, -0.05) is 66.0 Å². The highest BCUT2D eigenvalue weighted by atomic mass is 32.2. The molecule has 1 aromatic heterocycles.